The van der Waals surface area contributed by atoms with Gasteiger partial charge in [0.05, 0.1) is 15.7 Å². The molecular formula is C11H9Cl2N3O2S. The molecule has 3 N–H and O–H groups in total. The maximum absolute atomic E-state index is 12.2. The Hall–Kier alpha value is -1.50. The molecule has 0 aliphatic heterocycles. The number of halogens is 2. The summed E-state index contributed by atoms with van der Waals surface area (Å²) in [5, 5.41) is 0.446. The molecule has 0 aliphatic carbocycles. The van der Waals surface area contributed by atoms with E-state index in [4.69, 9.17) is 28.9 Å². The van der Waals surface area contributed by atoms with Crippen molar-refractivity contribution in [3.8, 4) is 0 Å². The SMILES string of the molecule is Nc1cccc(Cl)c1S(=O)(=O)Nc1ccc(Cl)cn1. The van der Waals surface area contributed by atoms with Crippen LogP contribution in [-0.4, -0.2) is 13.4 Å². The molecule has 0 fully saturated rings. The Kier molecular flexibility index (Phi) is 3.84. The third kappa shape index (κ3) is 3.09. The summed E-state index contributed by atoms with van der Waals surface area (Å²) in [6, 6.07) is 7.42. The highest BCUT2D eigenvalue weighted by atomic mass is 35.5. The molecule has 8 heteroatoms. The van der Waals surface area contributed by atoms with E-state index < -0.39 is 10.0 Å². The molecule has 1 heterocycles. The first kappa shape index (κ1) is 13.9. The maximum atomic E-state index is 12.2. The van der Waals surface area contributed by atoms with Crippen LogP contribution in [0.5, 0.6) is 0 Å². The average molecular weight is 318 g/mol. The Morgan fingerprint density at radius 2 is 1.89 bits per heavy atom. The number of anilines is 2. The molecule has 0 aliphatic rings. The number of nitrogen functional groups attached to an aromatic ring is 1. The molecular weight excluding hydrogens is 309 g/mol. The third-order valence-corrected chi connectivity index (χ3v) is 4.35. The number of hydrogen-bond donors (Lipinski definition) is 2. The van der Waals surface area contributed by atoms with Gasteiger partial charge in [-0.2, -0.15) is 0 Å². The molecule has 0 spiro atoms. The summed E-state index contributed by atoms with van der Waals surface area (Å²) in [7, 11) is -3.90. The second-order valence-electron chi connectivity index (χ2n) is 3.63. The number of benzene rings is 1. The van der Waals surface area contributed by atoms with Crippen LogP contribution < -0.4 is 10.5 Å². The quantitative estimate of drug-likeness (QED) is 0.852. The van der Waals surface area contributed by atoms with Gasteiger partial charge in [-0.05, 0) is 24.3 Å². The van der Waals surface area contributed by atoms with Gasteiger partial charge in [0, 0.05) is 6.20 Å². The highest BCUT2D eigenvalue weighted by Crippen LogP contribution is 2.28. The van der Waals surface area contributed by atoms with E-state index in [2.05, 4.69) is 9.71 Å². The summed E-state index contributed by atoms with van der Waals surface area (Å²) in [6.45, 7) is 0. The van der Waals surface area contributed by atoms with Crippen LogP contribution in [0.3, 0.4) is 0 Å². The van der Waals surface area contributed by atoms with Crippen LogP contribution in [-0.2, 0) is 10.0 Å². The fourth-order valence-corrected chi connectivity index (χ4v) is 3.23. The molecule has 2 aromatic rings. The van der Waals surface area contributed by atoms with Crippen LogP contribution in [0.25, 0.3) is 0 Å². The topological polar surface area (TPSA) is 85.1 Å². The maximum Gasteiger partial charge on any atom is 0.266 e. The van der Waals surface area contributed by atoms with E-state index in [1.165, 1.54) is 30.5 Å². The lowest BCUT2D eigenvalue weighted by Crippen LogP contribution is -2.16. The summed E-state index contributed by atoms with van der Waals surface area (Å²) >= 11 is 11.5. The van der Waals surface area contributed by atoms with Crippen LogP contribution in [0.4, 0.5) is 11.5 Å². The van der Waals surface area contributed by atoms with Crippen molar-refractivity contribution in [1.82, 2.24) is 4.98 Å². The fraction of sp³-hybridized carbons (Fsp3) is 0. The number of nitrogens with one attached hydrogen (secondary N) is 1. The van der Waals surface area contributed by atoms with Gasteiger partial charge in [0.15, 0.2) is 0 Å². The van der Waals surface area contributed by atoms with E-state index >= 15 is 0 Å². The summed E-state index contributed by atoms with van der Waals surface area (Å²) < 4.78 is 26.6. The molecule has 19 heavy (non-hydrogen) atoms. The van der Waals surface area contributed by atoms with Gasteiger partial charge in [0.2, 0.25) is 0 Å². The van der Waals surface area contributed by atoms with Crippen molar-refractivity contribution in [3.05, 3.63) is 46.6 Å². The van der Waals surface area contributed by atoms with E-state index in [1.54, 1.807) is 6.07 Å². The molecule has 1 aromatic heterocycles. The first-order valence-electron chi connectivity index (χ1n) is 5.08. The lowest BCUT2D eigenvalue weighted by atomic mass is 10.3. The Balaban J connectivity index is 2.41. The minimum atomic E-state index is -3.90. The second-order valence-corrected chi connectivity index (χ2v) is 6.09. The standard InChI is InChI=1S/C11H9Cl2N3O2S/c12-7-4-5-10(15-6-7)16-19(17,18)11-8(13)2-1-3-9(11)14/h1-6H,14H2,(H,15,16). The predicted molar refractivity (Wildman–Crippen MR) is 75.9 cm³/mol. The van der Waals surface area contributed by atoms with Gasteiger partial charge < -0.3 is 5.73 Å². The molecule has 5 nitrogen and oxygen atoms in total. The third-order valence-electron chi connectivity index (χ3n) is 2.23. The highest BCUT2D eigenvalue weighted by Gasteiger charge is 2.21. The van der Waals surface area contributed by atoms with E-state index in [0.29, 0.717) is 5.02 Å². The molecule has 0 saturated carbocycles. The number of hydrogen-bond acceptors (Lipinski definition) is 4. The van der Waals surface area contributed by atoms with Gasteiger partial charge in [-0.15, -0.1) is 0 Å². The first-order chi connectivity index (χ1) is 8.90. The van der Waals surface area contributed by atoms with Crippen molar-refractivity contribution in [1.29, 1.82) is 0 Å². The fourth-order valence-electron chi connectivity index (χ4n) is 1.43. The Morgan fingerprint density at radius 1 is 1.16 bits per heavy atom. The smallest absolute Gasteiger partial charge is 0.266 e. The molecule has 2 rings (SSSR count). The number of pyridine rings is 1. The largest absolute Gasteiger partial charge is 0.398 e. The minimum absolute atomic E-state index is 0.0430. The summed E-state index contributed by atoms with van der Waals surface area (Å²) in [5.41, 5.74) is 5.70. The normalized spacial score (nSPS) is 11.3. The average Bonchev–Trinajstić information content (AvgIpc) is 2.31. The van der Waals surface area contributed by atoms with Crippen molar-refractivity contribution >= 4 is 44.7 Å². The lowest BCUT2D eigenvalue weighted by molar-refractivity contribution is 0.601. The van der Waals surface area contributed by atoms with Gasteiger partial charge in [-0.1, -0.05) is 29.3 Å². The van der Waals surface area contributed by atoms with Gasteiger partial charge in [-0.25, -0.2) is 13.4 Å². The molecule has 100 valence electrons. The number of aromatic nitrogens is 1. The molecule has 0 radical (unpaired) electrons. The zero-order valence-electron chi connectivity index (χ0n) is 9.47. The monoisotopic (exact) mass is 317 g/mol. The van der Waals surface area contributed by atoms with Gasteiger partial charge >= 0.3 is 0 Å². The summed E-state index contributed by atoms with van der Waals surface area (Å²) in [5.74, 6) is 0.128. The van der Waals surface area contributed by atoms with Gasteiger partial charge in [0.25, 0.3) is 10.0 Å². The van der Waals surface area contributed by atoms with Crippen molar-refractivity contribution in [2.24, 2.45) is 0 Å². The van der Waals surface area contributed by atoms with Gasteiger partial charge in [-0.3, -0.25) is 4.72 Å². The summed E-state index contributed by atoms with van der Waals surface area (Å²) in [6.07, 6.45) is 1.33. The zero-order valence-corrected chi connectivity index (χ0v) is 11.8. The van der Waals surface area contributed by atoms with Crippen LogP contribution in [0.1, 0.15) is 0 Å². The van der Waals surface area contributed by atoms with E-state index in [-0.39, 0.29) is 21.4 Å². The van der Waals surface area contributed by atoms with Gasteiger partial charge in [0.1, 0.15) is 10.7 Å². The van der Waals surface area contributed by atoms with E-state index in [0.717, 1.165) is 0 Å². The number of nitrogens with two attached hydrogens (primary N) is 1. The van der Waals surface area contributed by atoms with Crippen molar-refractivity contribution in [2.75, 3.05) is 10.5 Å². The Morgan fingerprint density at radius 3 is 2.47 bits per heavy atom. The van der Waals surface area contributed by atoms with Crippen LogP contribution in [0, 0.1) is 0 Å². The van der Waals surface area contributed by atoms with Crippen LogP contribution >= 0.6 is 23.2 Å². The molecule has 0 saturated heterocycles. The minimum Gasteiger partial charge on any atom is -0.398 e. The Bertz CT molecular complexity index is 682. The second kappa shape index (κ2) is 5.24. The van der Waals surface area contributed by atoms with E-state index in [9.17, 15) is 8.42 Å². The number of sulfonamides is 1. The zero-order chi connectivity index (χ0) is 14.0. The predicted octanol–water partition coefficient (Wildman–Crippen LogP) is 2.77. The number of nitrogens with zero attached hydrogens (tertiary/aromatic N) is 1. The summed E-state index contributed by atoms with van der Waals surface area (Å²) in [4.78, 5) is 3.67. The van der Waals surface area contributed by atoms with Crippen molar-refractivity contribution in [2.45, 2.75) is 4.90 Å². The lowest BCUT2D eigenvalue weighted by Gasteiger charge is -2.10. The molecule has 1 aromatic carbocycles. The molecule has 0 unspecified atom stereocenters. The highest BCUT2D eigenvalue weighted by molar-refractivity contribution is 7.93. The molecule has 0 atom stereocenters. The van der Waals surface area contributed by atoms with E-state index in [1.807, 2.05) is 0 Å². The van der Waals surface area contributed by atoms with Crippen molar-refractivity contribution < 1.29 is 8.42 Å². The van der Waals surface area contributed by atoms with Crippen LogP contribution in [0.15, 0.2) is 41.4 Å². The van der Waals surface area contributed by atoms with Crippen LogP contribution in [0.2, 0.25) is 10.0 Å². The van der Waals surface area contributed by atoms with Crippen molar-refractivity contribution in [3.63, 3.8) is 0 Å². The molecule has 0 amide bonds. The number of rotatable bonds is 3. The first-order valence-corrected chi connectivity index (χ1v) is 7.32. The molecule has 0 bridgehead atoms. The Labute approximate surface area is 120 Å².